The molecule has 0 aliphatic carbocycles. The van der Waals surface area contributed by atoms with Gasteiger partial charge in [-0.2, -0.15) is 0 Å². The molecule has 0 bridgehead atoms. The van der Waals surface area contributed by atoms with Crippen molar-refractivity contribution in [3.8, 4) is 0 Å². The van der Waals surface area contributed by atoms with Gasteiger partial charge in [-0.15, -0.1) is 11.3 Å². The van der Waals surface area contributed by atoms with Gasteiger partial charge in [0.1, 0.15) is 6.29 Å². The van der Waals surface area contributed by atoms with Crippen LogP contribution in [-0.4, -0.2) is 6.29 Å². The van der Waals surface area contributed by atoms with Crippen LogP contribution in [0.5, 0.6) is 0 Å². The Hall–Kier alpha value is -0.890. The van der Waals surface area contributed by atoms with Crippen molar-refractivity contribution in [2.75, 3.05) is 0 Å². The number of thiophene rings is 1. The number of allylic oxidation sites excluding steroid dienone is 1. The van der Waals surface area contributed by atoms with Crippen LogP contribution in [-0.2, 0) is 4.79 Å². The van der Waals surface area contributed by atoms with E-state index in [-0.39, 0.29) is 0 Å². The third kappa shape index (κ3) is 2.02. The summed E-state index contributed by atoms with van der Waals surface area (Å²) in [6.07, 6.45) is 2.78. The molecule has 0 saturated carbocycles. The number of aryl methyl sites for hydroxylation is 1. The van der Waals surface area contributed by atoms with Gasteiger partial charge >= 0.3 is 0 Å². The predicted molar refractivity (Wildman–Crippen MR) is 48.8 cm³/mol. The molecule has 1 aromatic heterocycles. The number of carbonyl (C=O) groups is 1. The summed E-state index contributed by atoms with van der Waals surface area (Å²) >= 11 is 1.66. The predicted octanol–water partition coefficient (Wildman–Crippen LogP) is 2.66. The van der Waals surface area contributed by atoms with Crippen LogP contribution < -0.4 is 0 Å². The molecule has 0 unspecified atom stereocenters. The fourth-order valence-electron chi connectivity index (χ4n) is 0.773. The molecule has 2 heteroatoms. The summed E-state index contributed by atoms with van der Waals surface area (Å²) in [6.45, 7) is 3.85. The molecule has 11 heavy (non-hydrogen) atoms. The van der Waals surface area contributed by atoms with Gasteiger partial charge < -0.3 is 0 Å². The van der Waals surface area contributed by atoms with E-state index in [9.17, 15) is 4.79 Å². The lowest BCUT2D eigenvalue weighted by molar-refractivity contribution is -0.104. The number of hydrogen-bond acceptors (Lipinski definition) is 2. The van der Waals surface area contributed by atoms with E-state index >= 15 is 0 Å². The van der Waals surface area contributed by atoms with E-state index in [1.54, 1.807) is 11.3 Å². The molecule has 0 aliphatic heterocycles. The average molecular weight is 166 g/mol. The highest BCUT2D eigenvalue weighted by atomic mass is 32.1. The fourth-order valence-corrected chi connectivity index (χ4v) is 1.70. The van der Waals surface area contributed by atoms with Crippen molar-refractivity contribution >= 4 is 23.7 Å². The Morgan fingerprint density at radius 3 is 2.82 bits per heavy atom. The van der Waals surface area contributed by atoms with Crippen molar-refractivity contribution < 1.29 is 4.79 Å². The van der Waals surface area contributed by atoms with E-state index in [1.165, 1.54) is 10.4 Å². The van der Waals surface area contributed by atoms with Crippen molar-refractivity contribution in [2.45, 2.75) is 13.8 Å². The van der Waals surface area contributed by atoms with Crippen LogP contribution in [0.2, 0.25) is 0 Å². The first-order valence-electron chi connectivity index (χ1n) is 3.41. The van der Waals surface area contributed by atoms with E-state index in [0.717, 1.165) is 11.9 Å². The van der Waals surface area contributed by atoms with Gasteiger partial charge in [-0.1, -0.05) is 0 Å². The van der Waals surface area contributed by atoms with Crippen molar-refractivity contribution in [3.63, 3.8) is 0 Å². The van der Waals surface area contributed by atoms with Crippen molar-refractivity contribution in [1.82, 2.24) is 0 Å². The van der Waals surface area contributed by atoms with Crippen LogP contribution in [0, 0.1) is 6.92 Å². The summed E-state index contributed by atoms with van der Waals surface area (Å²) in [4.78, 5) is 11.5. The second-order valence-electron chi connectivity index (χ2n) is 2.47. The first kappa shape index (κ1) is 8.21. The normalized spacial score (nSPS) is 11.6. The molecular weight excluding hydrogens is 156 g/mol. The second kappa shape index (κ2) is 3.49. The maximum atomic E-state index is 10.3. The van der Waals surface area contributed by atoms with Crippen molar-refractivity contribution in [2.24, 2.45) is 0 Å². The first-order chi connectivity index (χ1) is 5.24. The van der Waals surface area contributed by atoms with Crippen LogP contribution in [0.25, 0.3) is 6.08 Å². The van der Waals surface area contributed by atoms with Crippen LogP contribution in [0.3, 0.4) is 0 Å². The number of rotatable bonds is 2. The zero-order valence-corrected chi connectivity index (χ0v) is 7.44. The molecule has 58 valence electrons. The SMILES string of the molecule is CC(C=O)=Cc1sccc1C. The standard InChI is InChI=1S/C9H10OS/c1-7(6-10)5-9-8(2)3-4-11-9/h3-6H,1-2H3. The molecule has 1 aromatic rings. The lowest BCUT2D eigenvalue weighted by atomic mass is 10.2. The van der Waals surface area contributed by atoms with Crippen LogP contribution in [0.15, 0.2) is 17.0 Å². The molecule has 1 nitrogen and oxygen atoms in total. The van der Waals surface area contributed by atoms with E-state index in [4.69, 9.17) is 0 Å². The van der Waals surface area contributed by atoms with E-state index in [0.29, 0.717) is 0 Å². The molecule has 1 heterocycles. The fraction of sp³-hybridized carbons (Fsp3) is 0.222. The maximum absolute atomic E-state index is 10.3. The molecule has 0 atom stereocenters. The third-order valence-electron chi connectivity index (χ3n) is 1.45. The zero-order chi connectivity index (χ0) is 8.27. The lowest BCUT2D eigenvalue weighted by Gasteiger charge is -1.89. The smallest absolute Gasteiger partial charge is 0.145 e. The topological polar surface area (TPSA) is 17.1 Å². The molecule has 0 amide bonds. The number of carbonyl (C=O) groups excluding carboxylic acids is 1. The zero-order valence-electron chi connectivity index (χ0n) is 6.63. The van der Waals surface area contributed by atoms with Crippen LogP contribution in [0.4, 0.5) is 0 Å². The Labute approximate surface area is 70.4 Å². The van der Waals surface area contributed by atoms with Gasteiger partial charge in [0.05, 0.1) is 0 Å². The van der Waals surface area contributed by atoms with Gasteiger partial charge in [-0.25, -0.2) is 0 Å². The minimum Gasteiger partial charge on any atom is -0.298 e. The van der Waals surface area contributed by atoms with E-state index in [1.807, 2.05) is 25.3 Å². The molecule has 0 aromatic carbocycles. The van der Waals surface area contributed by atoms with Gasteiger partial charge in [0.2, 0.25) is 0 Å². The van der Waals surface area contributed by atoms with Gasteiger partial charge in [0.15, 0.2) is 0 Å². The summed E-state index contributed by atoms with van der Waals surface area (Å²) in [5, 5.41) is 2.03. The highest BCUT2D eigenvalue weighted by molar-refractivity contribution is 7.11. The molecule has 0 fully saturated rings. The Morgan fingerprint density at radius 2 is 2.36 bits per heavy atom. The highest BCUT2D eigenvalue weighted by Crippen LogP contribution is 2.18. The van der Waals surface area contributed by atoms with Crippen LogP contribution in [0.1, 0.15) is 17.4 Å². The van der Waals surface area contributed by atoms with Gasteiger partial charge in [0, 0.05) is 4.88 Å². The second-order valence-corrected chi connectivity index (χ2v) is 3.42. The summed E-state index contributed by atoms with van der Waals surface area (Å²) in [7, 11) is 0. The van der Waals surface area contributed by atoms with Gasteiger partial charge in [-0.05, 0) is 42.5 Å². The molecule has 1 rings (SSSR count). The van der Waals surface area contributed by atoms with Crippen molar-refractivity contribution in [1.29, 1.82) is 0 Å². The molecule has 0 aliphatic rings. The van der Waals surface area contributed by atoms with E-state index < -0.39 is 0 Å². The Balaban J connectivity index is 2.94. The molecular formula is C9H10OS. The third-order valence-corrected chi connectivity index (χ3v) is 2.41. The highest BCUT2D eigenvalue weighted by Gasteiger charge is 1.95. The van der Waals surface area contributed by atoms with Gasteiger partial charge in [-0.3, -0.25) is 4.79 Å². The molecule has 0 radical (unpaired) electrons. The summed E-state index contributed by atoms with van der Waals surface area (Å²) in [5.74, 6) is 0. The Morgan fingerprint density at radius 1 is 1.64 bits per heavy atom. The van der Waals surface area contributed by atoms with Gasteiger partial charge in [0.25, 0.3) is 0 Å². The summed E-state index contributed by atoms with van der Waals surface area (Å²) in [5.41, 5.74) is 2.01. The molecule has 0 saturated heterocycles. The summed E-state index contributed by atoms with van der Waals surface area (Å²) in [6, 6.07) is 2.05. The average Bonchev–Trinajstić information content (AvgIpc) is 2.37. The summed E-state index contributed by atoms with van der Waals surface area (Å²) < 4.78 is 0. The van der Waals surface area contributed by atoms with E-state index in [2.05, 4.69) is 6.07 Å². The first-order valence-corrected chi connectivity index (χ1v) is 4.29. The Kier molecular flexibility index (Phi) is 2.60. The minimum atomic E-state index is 0.774. The number of hydrogen-bond donors (Lipinski definition) is 0. The largest absolute Gasteiger partial charge is 0.298 e. The Bertz CT molecular complexity index is 284. The van der Waals surface area contributed by atoms with Crippen molar-refractivity contribution in [3.05, 3.63) is 27.5 Å². The lowest BCUT2D eigenvalue weighted by Crippen LogP contribution is -1.75. The van der Waals surface area contributed by atoms with Crippen LogP contribution >= 0.6 is 11.3 Å². The number of aldehydes is 1. The monoisotopic (exact) mass is 166 g/mol. The molecule has 0 N–H and O–H groups in total. The molecule has 0 spiro atoms. The quantitative estimate of drug-likeness (QED) is 0.487. The minimum absolute atomic E-state index is 0.774. The maximum Gasteiger partial charge on any atom is 0.145 e.